The molecule has 0 radical (unpaired) electrons. The van der Waals surface area contributed by atoms with E-state index in [1.165, 1.54) is 12.3 Å². The molecular weight excluding hydrogens is 301 g/mol. The summed E-state index contributed by atoms with van der Waals surface area (Å²) in [4.78, 5) is 11.2. The molecule has 2 aromatic heterocycles. The molecule has 0 atom stereocenters. The molecule has 1 N–H and O–H groups in total. The second kappa shape index (κ2) is 4.10. The Kier molecular flexibility index (Phi) is 2.90. The summed E-state index contributed by atoms with van der Waals surface area (Å²) < 4.78 is 37.7. The fourth-order valence-corrected chi connectivity index (χ4v) is 1.82. The molecule has 0 saturated carbocycles. The van der Waals surface area contributed by atoms with Crippen LogP contribution in [-0.2, 0) is 6.18 Å². The summed E-state index contributed by atoms with van der Waals surface area (Å²) in [5.74, 6) is 0.223. The first-order valence-corrected chi connectivity index (χ1v) is 5.29. The Labute approximate surface area is 102 Å². The van der Waals surface area contributed by atoms with Crippen LogP contribution in [0.4, 0.5) is 19.1 Å². The molecule has 0 aromatic carbocycles. The van der Waals surface area contributed by atoms with E-state index < -0.39 is 11.9 Å². The van der Waals surface area contributed by atoms with Crippen LogP contribution in [0.2, 0.25) is 0 Å². The maximum atomic E-state index is 12.6. The number of alkyl halides is 3. The fourth-order valence-electron chi connectivity index (χ4n) is 1.26. The zero-order valence-corrected chi connectivity index (χ0v) is 10.1. The standard InChI is InChI=1S/C9H6BrF3N4/c1-14-8-15-3-4-2-5(10)6(9(11,12)13)16-7(4)17-8/h2-3H,1H3,(H,14,15,16,17). The minimum absolute atomic E-state index is 0.000116. The van der Waals surface area contributed by atoms with Crippen LogP contribution in [0.5, 0.6) is 0 Å². The third-order valence-corrected chi connectivity index (χ3v) is 2.62. The number of fused-ring (bicyclic) bond motifs is 1. The van der Waals surface area contributed by atoms with Gasteiger partial charge in [0.1, 0.15) is 0 Å². The number of rotatable bonds is 1. The van der Waals surface area contributed by atoms with Crippen molar-refractivity contribution in [2.24, 2.45) is 0 Å². The first kappa shape index (κ1) is 12.0. The zero-order valence-electron chi connectivity index (χ0n) is 8.51. The molecule has 0 aliphatic heterocycles. The van der Waals surface area contributed by atoms with Gasteiger partial charge >= 0.3 is 6.18 Å². The van der Waals surface area contributed by atoms with E-state index in [1.807, 2.05) is 0 Å². The summed E-state index contributed by atoms with van der Waals surface area (Å²) in [7, 11) is 1.57. The van der Waals surface area contributed by atoms with Gasteiger partial charge in [-0.3, -0.25) is 0 Å². The van der Waals surface area contributed by atoms with Crippen molar-refractivity contribution in [1.29, 1.82) is 0 Å². The summed E-state index contributed by atoms with van der Waals surface area (Å²) in [6.07, 6.45) is -3.11. The zero-order chi connectivity index (χ0) is 12.6. The first-order valence-electron chi connectivity index (χ1n) is 4.50. The number of pyridine rings is 1. The van der Waals surface area contributed by atoms with Crippen LogP contribution in [0, 0.1) is 0 Å². The van der Waals surface area contributed by atoms with Gasteiger partial charge < -0.3 is 5.32 Å². The first-order chi connectivity index (χ1) is 7.91. The molecule has 0 spiro atoms. The molecule has 90 valence electrons. The van der Waals surface area contributed by atoms with E-state index in [2.05, 4.69) is 36.2 Å². The molecule has 0 saturated heterocycles. The van der Waals surface area contributed by atoms with Crippen molar-refractivity contribution in [3.05, 3.63) is 22.4 Å². The van der Waals surface area contributed by atoms with Crippen molar-refractivity contribution in [2.75, 3.05) is 12.4 Å². The highest BCUT2D eigenvalue weighted by atomic mass is 79.9. The van der Waals surface area contributed by atoms with Gasteiger partial charge in [-0.25, -0.2) is 9.97 Å². The lowest BCUT2D eigenvalue weighted by Crippen LogP contribution is -2.10. The van der Waals surface area contributed by atoms with E-state index in [-0.39, 0.29) is 16.1 Å². The quantitative estimate of drug-likeness (QED) is 0.880. The Hall–Kier alpha value is -1.44. The van der Waals surface area contributed by atoms with Crippen LogP contribution in [0.3, 0.4) is 0 Å². The smallest absolute Gasteiger partial charge is 0.357 e. The third kappa shape index (κ3) is 2.31. The largest absolute Gasteiger partial charge is 0.434 e. The van der Waals surface area contributed by atoms with E-state index in [4.69, 9.17) is 0 Å². The molecule has 0 unspecified atom stereocenters. The van der Waals surface area contributed by atoms with Crippen molar-refractivity contribution in [3.63, 3.8) is 0 Å². The van der Waals surface area contributed by atoms with Gasteiger partial charge in [0.2, 0.25) is 5.95 Å². The Bertz CT molecular complexity index is 570. The number of anilines is 1. The molecular formula is C9H6BrF3N4. The maximum Gasteiger partial charge on any atom is 0.434 e. The molecule has 0 aliphatic carbocycles. The maximum absolute atomic E-state index is 12.6. The SMILES string of the molecule is CNc1ncc2cc(Br)c(C(F)(F)F)nc2n1. The number of nitrogens with zero attached hydrogens (tertiary/aromatic N) is 3. The number of nitrogens with one attached hydrogen (secondary N) is 1. The van der Waals surface area contributed by atoms with Crippen LogP contribution in [-0.4, -0.2) is 22.0 Å². The Balaban J connectivity index is 2.69. The van der Waals surface area contributed by atoms with Gasteiger partial charge in [-0.2, -0.15) is 18.2 Å². The lowest BCUT2D eigenvalue weighted by Gasteiger charge is -2.09. The Morgan fingerprint density at radius 2 is 2.00 bits per heavy atom. The minimum Gasteiger partial charge on any atom is -0.357 e. The van der Waals surface area contributed by atoms with Crippen LogP contribution < -0.4 is 5.32 Å². The summed E-state index contributed by atoms with van der Waals surface area (Å²) in [5.41, 5.74) is -0.995. The lowest BCUT2D eigenvalue weighted by molar-refractivity contribution is -0.141. The highest BCUT2D eigenvalue weighted by molar-refractivity contribution is 9.10. The number of halogens is 4. The molecule has 8 heteroatoms. The number of hydrogen-bond donors (Lipinski definition) is 1. The minimum atomic E-state index is -4.52. The van der Waals surface area contributed by atoms with E-state index in [0.29, 0.717) is 5.39 Å². The van der Waals surface area contributed by atoms with Crippen molar-refractivity contribution in [2.45, 2.75) is 6.18 Å². The molecule has 4 nitrogen and oxygen atoms in total. The molecule has 0 amide bonds. The molecule has 2 rings (SSSR count). The molecule has 0 fully saturated rings. The lowest BCUT2D eigenvalue weighted by atomic mass is 10.3. The van der Waals surface area contributed by atoms with Crippen molar-refractivity contribution < 1.29 is 13.2 Å². The summed E-state index contributed by atoms with van der Waals surface area (Å²) in [5, 5.41) is 3.07. The number of aromatic nitrogens is 3. The second-order valence-electron chi connectivity index (χ2n) is 3.17. The summed E-state index contributed by atoms with van der Waals surface area (Å²) in [6.45, 7) is 0. The fraction of sp³-hybridized carbons (Fsp3) is 0.222. The monoisotopic (exact) mass is 306 g/mol. The van der Waals surface area contributed by atoms with Gasteiger partial charge in [-0.05, 0) is 22.0 Å². The van der Waals surface area contributed by atoms with Gasteiger partial charge in [0, 0.05) is 23.1 Å². The molecule has 2 heterocycles. The number of hydrogen-bond acceptors (Lipinski definition) is 4. The van der Waals surface area contributed by atoms with Gasteiger partial charge in [0.05, 0.1) is 0 Å². The van der Waals surface area contributed by atoms with Crippen LogP contribution >= 0.6 is 15.9 Å². The van der Waals surface area contributed by atoms with E-state index >= 15 is 0 Å². The Morgan fingerprint density at radius 3 is 2.59 bits per heavy atom. The van der Waals surface area contributed by atoms with Gasteiger partial charge in [-0.1, -0.05) is 0 Å². The van der Waals surface area contributed by atoms with Gasteiger partial charge in [-0.15, -0.1) is 0 Å². The van der Waals surface area contributed by atoms with Gasteiger partial charge in [0.15, 0.2) is 11.3 Å². The molecule has 2 aromatic rings. The van der Waals surface area contributed by atoms with E-state index in [9.17, 15) is 13.2 Å². The average molecular weight is 307 g/mol. The summed E-state index contributed by atoms with van der Waals surface area (Å²) in [6, 6.07) is 1.30. The van der Waals surface area contributed by atoms with E-state index in [0.717, 1.165) is 0 Å². The topological polar surface area (TPSA) is 50.7 Å². The predicted molar refractivity (Wildman–Crippen MR) is 59.6 cm³/mol. The molecule has 0 bridgehead atoms. The molecule has 0 aliphatic rings. The third-order valence-electron chi connectivity index (χ3n) is 2.01. The van der Waals surface area contributed by atoms with Gasteiger partial charge in [0.25, 0.3) is 0 Å². The highest BCUT2D eigenvalue weighted by Crippen LogP contribution is 2.34. The second-order valence-corrected chi connectivity index (χ2v) is 4.03. The predicted octanol–water partition coefficient (Wildman–Crippen LogP) is 2.85. The van der Waals surface area contributed by atoms with Crippen LogP contribution in [0.15, 0.2) is 16.7 Å². The van der Waals surface area contributed by atoms with E-state index in [1.54, 1.807) is 7.05 Å². The van der Waals surface area contributed by atoms with Crippen LogP contribution in [0.25, 0.3) is 11.0 Å². The Morgan fingerprint density at radius 1 is 1.29 bits per heavy atom. The average Bonchev–Trinajstić information content (AvgIpc) is 2.26. The normalized spacial score (nSPS) is 11.8. The van der Waals surface area contributed by atoms with Crippen molar-refractivity contribution in [3.8, 4) is 0 Å². The highest BCUT2D eigenvalue weighted by Gasteiger charge is 2.35. The van der Waals surface area contributed by atoms with Crippen molar-refractivity contribution in [1.82, 2.24) is 15.0 Å². The van der Waals surface area contributed by atoms with Crippen molar-refractivity contribution >= 4 is 32.9 Å². The van der Waals surface area contributed by atoms with Crippen LogP contribution in [0.1, 0.15) is 5.69 Å². The molecule has 17 heavy (non-hydrogen) atoms. The summed E-state index contributed by atoms with van der Waals surface area (Å²) >= 11 is 2.84.